The molecule has 1 aromatic heterocycles. The van der Waals surface area contributed by atoms with Crippen molar-refractivity contribution in [1.29, 1.82) is 0 Å². The summed E-state index contributed by atoms with van der Waals surface area (Å²) in [5.41, 5.74) is 2.41. The minimum atomic E-state index is -0.553. The quantitative estimate of drug-likeness (QED) is 0.179. The van der Waals surface area contributed by atoms with Gasteiger partial charge >= 0.3 is 5.63 Å². The van der Waals surface area contributed by atoms with E-state index in [4.69, 9.17) is 18.6 Å². The predicted octanol–water partition coefficient (Wildman–Crippen LogP) is 7.39. The molecule has 5 nitrogen and oxygen atoms in total. The molecule has 33 heavy (non-hydrogen) atoms. The molecule has 0 saturated carbocycles. The molecule has 5 heteroatoms. The molecule has 0 spiro atoms. The van der Waals surface area contributed by atoms with E-state index in [0.29, 0.717) is 42.1 Å². The summed E-state index contributed by atoms with van der Waals surface area (Å²) >= 11 is 0. The number of ether oxygens (including phenoxy) is 3. The monoisotopic (exact) mass is 454 g/mol. The molecule has 0 aliphatic carbocycles. The Kier molecular flexibility index (Phi) is 10.8. The van der Waals surface area contributed by atoms with Crippen LogP contribution in [0.3, 0.4) is 0 Å². The molecule has 0 amide bonds. The summed E-state index contributed by atoms with van der Waals surface area (Å²) in [6.07, 6.45) is 12.0. The van der Waals surface area contributed by atoms with Gasteiger partial charge in [0.2, 0.25) is 5.75 Å². The Hall–Kier alpha value is -2.95. The van der Waals surface area contributed by atoms with Crippen LogP contribution >= 0.6 is 0 Å². The zero-order chi connectivity index (χ0) is 24.2. The second kappa shape index (κ2) is 13.6. The van der Waals surface area contributed by atoms with Crippen molar-refractivity contribution in [3.05, 3.63) is 64.1 Å². The molecule has 0 radical (unpaired) electrons. The molecule has 0 fully saturated rings. The Balaban J connectivity index is 2.30. The Bertz CT molecular complexity index is 1040. The first kappa shape index (κ1) is 26.3. The van der Waals surface area contributed by atoms with Gasteiger partial charge in [-0.1, -0.05) is 36.3 Å². The summed E-state index contributed by atoms with van der Waals surface area (Å²) in [7, 11) is 0. The van der Waals surface area contributed by atoms with Gasteiger partial charge < -0.3 is 18.6 Å². The SMILES string of the molecule is CCC=CCCOc1c(OC/C=C(\C)CCC=C(C)C)c2ccc(OC(C)C)cc2oc1=O. The zero-order valence-electron chi connectivity index (χ0n) is 20.9. The highest BCUT2D eigenvalue weighted by molar-refractivity contribution is 5.86. The Morgan fingerprint density at radius 3 is 2.52 bits per heavy atom. The van der Waals surface area contributed by atoms with E-state index in [1.807, 2.05) is 38.1 Å². The molecule has 0 atom stereocenters. The molecule has 2 aromatic rings. The lowest BCUT2D eigenvalue weighted by molar-refractivity contribution is 0.242. The van der Waals surface area contributed by atoms with E-state index in [0.717, 1.165) is 19.3 Å². The van der Waals surface area contributed by atoms with Crippen molar-refractivity contribution in [2.75, 3.05) is 13.2 Å². The second-order valence-electron chi connectivity index (χ2n) is 8.57. The fraction of sp³-hybridized carbons (Fsp3) is 0.464. The smallest absolute Gasteiger partial charge is 0.383 e. The molecule has 180 valence electrons. The fourth-order valence-corrected chi connectivity index (χ4v) is 3.22. The highest BCUT2D eigenvalue weighted by Crippen LogP contribution is 2.35. The molecule has 0 N–H and O–H groups in total. The number of hydrogen-bond acceptors (Lipinski definition) is 5. The first-order chi connectivity index (χ1) is 15.8. The van der Waals surface area contributed by atoms with Gasteiger partial charge in [-0.15, -0.1) is 0 Å². The van der Waals surface area contributed by atoms with Gasteiger partial charge in [0.1, 0.15) is 17.9 Å². The maximum Gasteiger partial charge on any atom is 0.383 e. The van der Waals surface area contributed by atoms with E-state index >= 15 is 0 Å². The highest BCUT2D eigenvalue weighted by atomic mass is 16.5. The summed E-state index contributed by atoms with van der Waals surface area (Å²) in [4.78, 5) is 12.8. The standard InChI is InChI=1S/C28H38O5/c1-7-8-9-10-17-30-27-26(31-18-16-22(6)13-11-12-20(2)3)24-15-14-23(32-21(4)5)19-25(24)33-28(27)29/h8-9,12,14-16,19,21H,7,10-11,13,17-18H2,1-6H3/b9-8?,22-16+. The fourth-order valence-electron chi connectivity index (χ4n) is 3.22. The lowest BCUT2D eigenvalue weighted by Gasteiger charge is -2.14. The zero-order valence-corrected chi connectivity index (χ0v) is 20.9. The minimum absolute atomic E-state index is 0.0168. The van der Waals surface area contributed by atoms with Crippen molar-refractivity contribution >= 4 is 11.0 Å². The van der Waals surface area contributed by atoms with E-state index in [9.17, 15) is 4.79 Å². The molecule has 2 rings (SSSR count). The van der Waals surface area contributed by atoms with Crippen molar-refractivity contribution in [2.45, 2.75) is 73.3 Å². The topological polar surface area (TPSA) is 57.9 Å². The van der Waals surface area contributed by atoms with Crippen molar-refractivity contribution in [3.8, 4) is 17.2 Å². The molecule has 1 aromatic carbocycles. The summed E-state index contributed by atoms with van der Waals surface area (Å²) in [5.74, 6) is 1.16. The van der Waals surface area contributed by atoms with Crippen molar-refractivity contribution in [3.63, 3.8) is 0 Å². The van der Waals surface area contributed by atoms with Gasteiger partial charge in [-0.2, -0.15) is 0 Å². The maximum atomic E-state index is 12.8. The van der Waals surface area contributed by atoms with Crippen LogP contribution in [0.1, 0.15) is 67.2 Å². The number of hydrogen-bond donors (Lipinski definition) is 0. The average molecular weight is 455 g/mol. The third-order valence-electron chi connectivity index (χ3n) is 4.85. The Morgan fingerprint density at radius 1 is 1.03 bits per heavy atom. The molecular formula is C28H38O5. The first-order valence-corrected chi connectivity index (χ1v) is 11.8. The van der Waals surface area contributed by atoms with Gasteiger partial charge in [0.15, 0.2) is 5.75 Å². The molecule has 0 aliphatic rings. The van der Waals surface area contributed by atoms with E-state index in [1.165, 1.54) is 11.1 Å². The summed E-state index contributed by atoms with van der Waals surface area (Å²) < 4.78 is 23.2. The van der Waals surface area contributed by atoms with Crippen LogP contribution in [0.2, 0.25) is 0 Å². The summed E-state index contributed by atoms with van der Waals surface area (Å²) in [6, 6.07) is 5.42. The lowest BCUT2D eigenvalue weighted by atomic mass is 10.1. The molecular weight excluding hydrogens is 416 g/mol. The normalized spacial score (nSPS) is 11.9. The van der Waals surface area contributed by atoms with Gasteiger partial charge in [0.05, 0.1) is 18.1 Å². The van der Waals surface area contributed by atoms with Crippen LogP contribution < -0.4 is 19.8 Å². The average Bonchev–Trinajstić information content (AvgIpc) is 2.74. The molecule has 1 heterocycles. The van der Waals surface area contributed by atoms with Crippen LogP contribution in [0, 0.1) is 0 Å². The van der Waals surface area contributed by atoms with Crippen LogP contribution in [0.15, 0.2) is 62.9 Å². The second-order valence-corrected chi connectivity index (χ2v) is 8.57. The van der Waals surface area contributed by atoms with E-state index in [1.54, 1.807) is 6.07 Å². The number of rotatable bonds is 13. The summed E-state index contributed by atoms with van der Waals surface area (Å²) in [5, 5.41) is 0.681. The molecule has 0 bridgehead atoms. The van der Waals surface area contributed by atoms with Gasteiger partial charge in [-0.25, -0.2) is 4.79 Å². The first-order valence-electron chi connectivity index (χ1n) is 11.8. The van der Waals surface area contributed by atoms with Gasteiger partial charge in [-0.3, -0.25) is 0 Å². The van der Waals surface area contributed by atoms with Gasteiger partial charge in [-0.05, 0) is 78.5 Å². The van der Waals surface area contributed by atoms with Crippen molar-refractivity contribution in [1.82, 2.24) is 0 Å². The van der Waals surface area contributed by atoms with Crippen molar-refractivity contribution in [2.24, 2.45) is 0 Å². The Labute approximate surface area is 197 Å². The summed E-state index contributed by atoms with van der Waals surface area (Å²) in [6.45, 7) is 13.0. The molecule has 0 unspecified atom stereocenters. The largest absolute Gasteiger partial charge is 0.491 e. The third kappa shape index (κ3) is 8.83. The van der Waals surface area contributed by atoms with Gasteiger partial charge in [0, 0.05) is 6.07 Å². The van der Waals surface area contributed by atoms with Crippen LogP contribution in [0.25, 0.3) is 11.0 Å². The molecule has 0 saturated heterocycles. The van der Waals surface area contributed by atoms with Gasteiger partial charge in [0.25, 0.3) is 0 Å². The molecule has 0 aliphatic heterocycles. The lowest BCUT2D eigenvalue weighted by Crippen LogP contribution is -2.11. The third-order valence-corrected chi connectivity index (χ3v) is 4.85. The minimum Gasteiger partial charge on any atom is -0.491 e. The highest BCUT2D eigenvalue weighted by Gasteiger charge is 2.18. The van der Waals surface area contributed by atoms with Crippen LogP contribution in [-0.4, -0.2) is 19.3 Å². The maximum absolute atomic E-state index is 12.8. The van der Waals surface area contributed by atoms with E-state index in [-0.39, 0.29) is 11.9 Å². The number of fused-ring (bicyclic) bond motifs is 1. The van der Waals surface area contributed by atoms with Crippen LogP contribution in [0.4, 0.5) is 0 Å². The predicted molar refractivity (Wildman–Crippen MR) is 136 cm³/mol. The number of allylic oxidation sites excluding steroid dienone is 4. The van der Waals surface area contributed by atoms with E-state index < -0.39 is 5.63 Å². The van der Waals surface area contributed by atoms with E-state index in [2.05, 4.69) is 39.8 Å². The van der Waals surface area contributed by atoms with Crippen LogP contribution in [-0.2, 0) is 0 Å². The van der Waals surface area contributed by atoms with Crippen molar-refractivity contribution < 1.29 is 18.6 Å². The number of benzene rings is 1. The Morgan fingerprint density at radius 2 is 1.82 bits per heavy atom. The van der Waals surface area contributed by atoms with Crippen LogP contribution in [0.5, 0.6) is 17.2 Å².